The maximum atomic E-state index is 12.6. The number of carbonyl (C=O) groups excluding carboxylic acids is 2. The molecule has 29 heavy (non-hydrogen) atoms. The zero-order valence-electron chi connectivity index (χ0n) is 16.2. The number of pyridine rings is 1. The molecule has 0 fully saturated rings. The van der Waals surface area contributed by atoms with Gasteiger partial charge in [0, 0.05) is 30.1 Å². The molecule has 0 saturated carbocycles. The summed E-state index contributed by atoms with van der Waals surface area (Å²) in [4.78, 5) is 28.1. The zero-order chi connectivity index (χ0) is 20.6. The van der Waals surface area contributed by atoms with Crippen LogP contribution in [0.15, 0.2) is 66.9 Å². The predicted octanol–water partition coefficient (Wildman–Crippen LogP) is 4.43. The molecule has 0 radical (unpaired) electrons. The topological polar surface area (TPSA) is 92.4 Å². The standard InChI is InChI=1S/C22H22N4O3/c1-3-29-20-10-5-4-9-19(20)26-21-13-16(11-12-23-21)22(28)25-18-8-6-7-17(14-18)24-15(2)27/h4-14H,3H2,1-2H3,(H,23,26)(H,24,27)(H,25,28). The molecule has 7 nitrogen and oxygen atoms in total. The first-order chi connectivity index (χ1) is 14.0. The molecule has 2 amide bonds. The van der Waals surface area contributed by atoms with Gasteiger partial charge in [0.05, 0.1) is 12.3 Å². The van der Waals surface area contributed by atoms with Crippen molar-refractivity contribution >= 4 is 34.7 Å². The van der Waals surface area contributed by atoms with Gasteiger partial charge < -0.3 is 20.7 Å². The first-order valence-corrected chi connectivity index (χ1v) is 9.19. The first-order valence-electron chi connectivity index (χ1n) is 9.19. The van der Waals surface area contributed by atoms with Crippen molar-refractivity contribution < 1.29 is 14.3 Å². The minimum Gasteiger partial charge on any atom is -0.492 e. The van der Waals surface area contributed by atoms with Crippen molar-refractivity contribution in [2.24, 2.45) is 0 Å². The minimum absolute atomic E-state index is 0.175. The SMILES string of the molecule is CCOc1ccccc1Nc1cc(C(=O)Nc2cccc(NC(C)=O)c2)ccn1. The van der Waals surface area contributed by atoms with Crippen LogP contribution in [-0.4, -0.2) is 23.4 Å². The molecule has 1 heterocycles. The maximum Gasteiger partial charge on any atom is 0.255 e. The van der Waals surface area contributed by atoms with E-state index in [4.69, 9.17) is 4.74 Å². The van der Waals surface area contributed by atoms with Gasteiger partial charge in [-0.1, -0.05) is 18.2 Å². The number of ether oxygens (including phenoxy) is 1. The third-order valence-electron chi connectivity index (χ3n) is 3.91. The zero-order valence-corrected chi connectivity index (χ0v) is 16.2. The van der Waals surface area contributed by atoms with Gasteiger partial charge in [-0.2, -0.15) is 0 Å². The molecule has 0 atom stereocenters. The van der Waals surface area contributed by atoms with Gasteiger partial charge in [0.15, 0.2) is 0 Å². The van der Waals surface area contributed by atoms with Crippen LogP contribution in [0.1, 0.15) is 24.2 Å². The van der Waals surface area contributed by atoms with Gasteiger partial charge in [0.2, 0.25) is 5.91 Å². The van der Waals surface area contributed by atoms with Crippen molar-refractivity contribution in [3.8, 4) is 5.75 Å². The van der Waals surface area contributed by atoms with Gasteiger partial charge in [0.25, 0.3) is 5.91 Å². The van der Waals surface area contributed by atoms with Crippen molar-refractivity contribution in [1.29, 1.82) is 0 Å². The lowest BCUT2D eigenvalue weighted by molar-refractivity contribution is -0.114. The van der Waals surface area contributed by atoms with Crippen LogP contribution in [-0.2, 0) is 4.79 Å². The lowest BCUT2D eigenvalue weighted by Gasteiger charge is -2.12. The first kappa shape index (κ1) is 19.9. The molecule has 1 aromatic heterocycles. The van der Waals surface area contributed by atoms with Gasteiger partial charge in [-0.15, -0.1) is 0 Å². The van der Waals surface area contributed by atoms with E-state index in [-0.39, 0.29) is 11.8 Å². The molecule has 7 heteroatoms. The highest BCUT2D eigenvalue weighted by Crippen LogP contribution is 2.27. The highest BCUT2D eigenvalue weighted by Gasteiger charge is 2.10. The number of amides is 2. The number of hydrogen-bond donors (Lipinski definition) is 3. The molecule has 0 bridgehead atoms. The van der Waals surface area contributed by atoms with Crippen LogP contribution < -0.4 is 20.7 Å². The smallest absolute Gasteiger partial charge is 0.255 e. The highest BCUT2D eigenvalue weighted by molar-refractivity contribution is 6.05. The van der Waals surface area contributed by atoms with Gasteiger partial charge >= 0.3 is 0 Å². The number of hydrogen-bond acceptors (Lipinski definition) is 5. The van der Waals surface area contributed by atoms with Crippen molar-refractivity contribution in [1.82, 2.24) is 4.98 Å². The Labute approximate surface area is 169 Å². The number of aromatic nitrogens is 1. The van der Waals surface area contributed by atoms with Crippen LogP contribution in [0.4, 0.5) is 22.9 Å². The van der Waals surface area contributed by atoms with E-state index in [1.54, 1.807) is 42.6 Å². The van der Waals surface area contributed by atoms with E-state index < -0.39 is 0 Å². The van der Waals surface area contributed by atoms with E-state index in [9.17, 15) is 9.59 Å². The Kier molecular flexibility index (Phi) is 6.42. The molecular formula is C22H22N4O3. The van der Waals surface area contributed by atoms with E-state index in [0.717, 1.165) is 5.69 Å². The van der Waals surface area contributed by atoms with E-state index in [0.29, 0.717) is 35.1 Å². The van der Waals surface area contributed by atoms with Crippen molar-refractivity contribution in [3.05, 3.63) is 72.4 Å². The Morgan fingerprint density at radius 3 is 2.48 bits per heavy atom. The van der Waals surface area contributed by atoms with Crippen LogP contribution in [0, 0.1) is 0 Å². The summed E-state index contributed by atoms with van der Waals surface area (Å²) >= 11 is 0. The molecule has 0 spiro atoms. The van der Waals surface area contributed by atoms with Gasteiger partial charge in [-0.25, -0.2) is 4.98 Å². The van der Waals surface area contributed by atoms with Crippen molar-refractivity contribution in [2.75, 3.05) is 22.6 Å². The number of carbonyl (C=O) groups is 2. The lowest BCUT2D eigenvalue weighted by atomic mass is 10.2. The monoisotopic (exact) mass is 390 g/mol. The van der Waals surface area contributed by atoms with Crippen LogP contribution in [0.2, 0.25) is 0 Å². The summed E-state index contributed by atoms with van der Waals surface area (Å²) in [6, 6.07) is 17.8. The number of nitrogens with zero attached hydrogens (tertiary/aromatic N) is 1. The summed E-state index contributed by atoms with van der Waals surface area (Å²) in [5.74, 6) is 0.775. The third-order valence-corrected chi connectivity index (χ3v) is 3.91. The Hall–Kier alpha value is -3.87. The molecule has 0 unspecified atom stereocenters. The number of anilines is 4. The largest absolute Gasteiger partial charge is 0.492 e. The van der Waals surface area contributed by atoms with Crippen molar-refractivity contribution in [3.63, 3.8) is 0 Å². The highest BCUT2D eigenvalue weighted by atomic mass is 16.5. The maximum absolute atomic E-state index is 12.6. The second-order valence-electron chi connectivity index (χ2n) is 6.20. The van der Waals surface area contributed by atoms with Crippen molar-refractivity contribution in [2.45, 2.75) is 13.8 Å². The van der Waals surface area contributed by atoms with Crippen LogP contribution >= 0.6 is 0 Å². The summed E-state index contributed by atoms with van der Waals surface area (Å²) in [5.41, 5.74) is 2.40. The number of rotatable bonds is 7. The predicted molar refractivity (Wildman–Crippen MR) is 114 cm³/mol. The number of benzene rings is 2. The lowest BCUT2D eigenvalue weighted by Crippen LogP contribution is -2.13. The van der Waals surface area contributed by atoms with Gasteiger partial charge in [0.1, 0.15) is 11.6 Å². The normalized spacial score (nSPS) is 10.1. The van der Waals surface area contributed by atoms with Crippen LogP contribution in [0.25, 0.3) is 0 Å². The third kappa shape index (κ3) is 5.55. The summed E-state index contributed by atoms with van der Waals surface area (Å²) in [6.07, 6.45) is 1.56. The van der Waals surface area contributed by atoms with Gasteiger partial charge in [-0.05, 0) is 49.4 Å². The Morgan fingerprint density at radius 1 is 0.966 bits per heavy atom. The molecule has 3 N–H and O–H groups in total. The minimum atomic E-state index is -0.284. The molecule has 148 valence electrons. The Balaban J connectivity index is 1.74. The second kappa shape index (κ2) is 9.36. The number of nitrogens with one attached hydrogen (secondary N) is 3. The molecule has 0 aliphatic carbocycles. The number of para-hydroxylation sites is 2. The fraction of sp³-hybridized carbons (Fsp3) is 0.136. The molecule has 3 rings (SSSR count). The average molecular weight is 390 g/mol. The molecule has 2 aromatic carbocycles. The Bertz CT molecular complexity index is 1020. The van der Waals surface area contributed by atoms with Crippen LogP contribution in [0.3, 0.4) is 0 Å². The molecule has 0 saturated heterocycles. The van der Waals surface area contributed by atoms with E-state index >= 15 is 0 Å². The quantitative estimate of drug-likeness (QED) is 0.555. The summed E-state index contributed by atoms with van der Waals surface area (Å²) in [6.45, 7) is 3.90. The average Bonchev–Trinajstić information content (AvgIpc) is 2.70. The fourth-order valence-corrected chi connectivity index (χ4v) is 2.71. The summed E-state index contributed by atoms with van der Waals surface area (Å²) in [7, 11) is 0. The summed E-state index contributed by atoms with van der Waals surface area (Å²) in [5, 5.41) is 8.70. The van der Waals surface area contributed by atoms with E-state index in [1.807, 2.05) is 31.2 Å². The fourth-order valence-electron chi connectivity index (χ4n) is 2.71. The van der Waals surface area contributed by atoms with E-state index in [1.165, 1.54) is 6.92 Å². The molecule has 3 aromatic rings. The molecular weight excluding hydrogens is 368 g/mol. The Morgan fingerprint density at radius 2 is 1.72 bits per heavy atom. The molecule has 0 aliphatic heterocycles. The summed E-state index contributed by atoms with van der Waals surface area (Å²) < 4.78 is 5.61. The van der Waals surface area contributed by atoms with Gasteiger partial charge in [-0.3, -0.25) is 9.59 Å². The van der Waals surface area contributed by atoms with Crippen LogP contribution in [0.5, 0.6) is 5.75 Å². The second-order valence-corrected chi connectivity index (χ2v) is 6.20. The molecule has 0 aliphatic rings. The van der Waals surface area contributed by atoms with E-state index in [2.05, 4.69) is 20.9 Å².